The minimum atomic E-state index is -0.720. The van der Waals surface area contributed by atoms with Crippen LogP contribution in [-0.4, -0.2) is 17.3 Å². The molecule has 0 bridgehead atoms. The van der Waals surface area contributed by atoms with Crippen molar-refractivity contribution in [3.63, 3.8) is 0 Å². The van der Waals surface area contributed by atoms with Gasteiger partial charge in [-0.05, 0) is 12.5 Å². The van der Waals surface area contributed by atoms with Crippen LogP contribution in [0.15, 0.2) is 30.3 Å². The Labute approximate surface area is 99.0 Å². The second-order valence-electron chi connectivity index (χ2n) is 3.27. The Balaban J connectivity index is 2.34. The van der Waals surface area contributed by atoms with Gasteiger partial charge < -0.3 is 5.32 Å². The van der Waals surface area contributed by atoms with Crippen LogP contribution in [0, 0.1) is 0 Å². The number of carbonyl (C=O) groups is 2. The average molecular weight is 241 g/mol. The zero-order chi connectivity index (χ0) is 12.0. The molecule has 0 saturated carbocycles. The van der Waals surface area contributed by atoms with Gasteiger partial charge in [-0.3, -0.25) is 10.1 Å². The third-order valence-electron chi connectivity index (χ3n) is 1.89. The number of alkyl halides is 1. The number of urea groups is 1. The van der Waals surface area contributed by atoms with E-state index in [4.69, 9.17) is 11.6 Å². The van der Waals surface area contributed by atoms with E-state index in [9.17, 15) is 9.59 Å². The molecule has 0 radical (unpaired) electrons. The van der Waals surface area contributed by atoms with E-state index in [1.807, 2.05) is 30.3 Å². The van der Waals surface area contributed by atoms with Crippen LogP contribution in [0.2, 0.25) is 0 Å². The summed E-state index contributed by atoms with van der Waals surface area (Å²) < 4.78 is 0. The quantitative estimate of drug-likeness (QED) is 0.790. The summed E-state index contributed by atoms with van der Waals surface area (Å²) in [6.07, 6.45) is 0. The van der Waals surface area contributed by atoms with Gasteiger partial charge in [-0.2, -0.15) is 0 Å². The lowest BCUT2D eigenvalue weighted by atomic mass is 10.2. The van der Waals surface area contributed by atoms with Crippen LogP contribution in [-0.2, 0) is 11.3 Å². The van der Waals surface area contributed by atoms with E-state index >= 15 is 0 Å². The van der Waals surface area contributed by atoms with E-state index in [1.54, 1.807) is 0 Å². The maximum atomic E-state index is 11.2. The van der Waals surface area contributed by atoms with Gasteiger partial charge in [0.1, 0.15) is 5.38 Å². The first kappa shape index (κ1) is 12.5. The first-order chi connectivity index (χ1) is 7.59. The fourth-order valence-corrected chi connectivity index (χ4v) is 1.09. The number of imide groups is 1. The Hall–Kier alpha value is -1.55. The van der Waals surface area contributed by atoms with Crippen LogP contribution >= 0.6 is 11.6 Å². The number of carbonyl (C=O) groups excluding carboxylic acids is 2. The molecule has 2 N–H and O–H groups in total. The zero-order valence-corrected chi connectivity index (χ0v) is 9.62. The molecule has 86 valence electrons. The minimum Gasteiger partial charge on any atom is -0.334 e. The summed E-state index contributed by atoms with van der Waals surface area (Å²) in [5.74, 6) is -0.507. The predicted octanol–water partition coefficient (Wildman–Crippen LogP) is 1.64. The van der Waals surface area contributed by atoms with Gasteiger partial charge in [0.2, 0.25) is 5.91 Å². The Morgan fingerprint density at radius 3 is 2.50 bits per heavy atom. The van der Waals surface area contributed by atoms with Gasteiger partial charge in [-0.25, -0.2) is 4.79 Å². The van der Waals surface area contributed by atoms with Gasteiger partial charge in [0, 0.05) is 6.54 Å². The van der Waals surface area contributed by atoms with Crippen molar-refractivity contribution in [1.82, 2.24) is 10.6 Å². The summed E-state index contributed by atoms with van der Waals surface area (Å²) in [5.41, 5.74) is 0.962. The summed E-state index contributed by atoms with van der Waals surface area (Å²) in [7, 11) is 0. The largest absolute Gasteiger partial charge is 0.334 e. The Morgan fingerprint density at radius 2 is 1.94 bits per heavy atom. The van der Waals surface area contributed by atoms with Crippen molar-refractivity contribution >= 4 is 23.5 Å². The molecular weight excluding hydrogens is 228 g/mol. The number of rotatable bonds is 3. The van der Waals surface area contributed by atoms with Crippen LogP contribution in [0.1, 0.15) is 12.5 Å². The first-order valence-electron chi connectivity index (χ1n) is 4.86. The standard InChI is InChI=1S/C11H13ClN2O2/c1-8(12)10(15)14-11(16)13-7-9-5-3-2-4-6-9/h2-6,8H,7H2,1H3,(H2,13,14,15,16)/t8-/m1/s1. The highest BCUT2D eigenvalue weighted by atomic mass is 35.5. The molecule has 4 nitrogen and oxygen atoms in total. The fraction of sp³-hybridized carbons (Fsp3) is 0.273. The summed E-state index contributed by atoms with van der Waals surface area (Å²) in [6, 6.07) is 8.86. The number of amides is 3. The molecule has 0 heterocycles. The molecule has 0 unspecified atom stereocenters. The molecule has 1 aromatic carbocycles. The summed E-state index contributed by atoms with van der Waals surface area (Å²) in [5, 5.41) is 3.96. The normalized spacial score (nSPS) is 11.6. The van der Waals surface area contributed by atoms with Crippen molar-refractivity contribution in [3.05, 3.63) is 35.9 Å². The van der Waals surface area contributed by atoms with E-state index in [0.29, 0.717) is 6.54 Å². The molecule has 0 aliphatic heterocycles. The fourth-order valence-electron chi connectivity index (χ4n) is 1.03. The zero-order valence-electron chi connectivity index (χ0n) is 8.87. The van der Waals surface area contributed by atoms with Crippen LogP contribution in [0.25, 0.3) is 0 Å². The van der Waals surface area contributed by atoms with Crippen molar-refractivity contribution in [1.29, 1.82) is 0 Å². The van der Waals surface area contributed by atoms with E-state index in [2.05, 4.69) is 10.6 Å². The molecule has 3 amide bonds. The molecule has 16 heavy (non-hydrogen) atoms. The number of hydrogen-bond acceptors (Lipinski definition) is 2. The van der Waals surface area contributed by atoms with Gasteiger partial charge >= 0.3 is 6.03 Å². The minimum absolute atomic E-state index is 0.372. The highest BCUT2D eigenvalue weighted by molar-refractivity contribution is 6.31. The molecule has 0 aliphatic carbocycles. The van der Waals surface area contributed by atoms with Gasteiger partial charge in [0.25, 0.3) is 0 Å². The van der Waals surface area contributed by atoms with Gasteiger partial charge in [-0.15, -0.1) is 11.6 Å². The van der Waals surface area contributed by atoms with Crippen LogP contribution < -0.4 is 10.6 Å². The van der Waals surface area contributed by atoms with Crippen molar-refractivity contribution in [2.75, 3.05) is 0 Å². The van der Waals surface area contributed by atoms with Gasteiger partial charge in [-0.1, -0.05) is 30.3 Å². The maximum Gasteiger partial charge on any atom is 0.321 e. The first-order valence-corrected chi connectivity index (χ1v) is 5.30. The lowest BCUT2D eigenvalue weighted by molar-refractivity contribution is -0.119. The molecule has 5 heteroatoms. The lowest BCUT2D eigenvalue weighted by Gasteiger charge is -2.07. The molecule has 0 spiro atoms. The Kier molecular flexibility index (Phi) is 4.79. The van der Waals surface area contributed by atoms with Crippen molar-refractivity contribution in [3.8, 4) is 0 Å². The van der Waals surface area contributed by atoms with Crippen molar-refractivity contribution in [2.45, 2.75) is 18.8 Å². The summed E-state index contributed by atoms with van der Waals surface area (Å²) in [4.78, 5) is 22.3. The number of benzene rings is 1. The average Bonchev–Trinajstić information content (AvgIpc) is 2.27. The molecule has 1 aromatic rings. The molecular formula is C11H13ClN2O2. The van der Waals surface area contributed by atoms with E-state index in [1.165, 1.54) is 6.92 Å². The van der Waals surface area contributed by atoms with E-state index in [0.717, 1.165) is 5.56 Å². The lowest BCUT2D eigenvalue weighted by Crippen LogP contribution is -2.41. The molecule has 0 saturated heterocycles. The smallest absolute Gasteiger partial charge is 0.321 e. The van der Waals surface area contributed by atoms with Gasteiger partial charge in [0.05, 0.1) is 0 Å². The third kappa shape index (κ3) is 4.31. The summed E-state index contributed by atoms with van der Waals surface area (Å²) in [6.45, 7) is 1.87. The molecule has 0 aromatic heterocycles. The number of nitrogens with one attached hydrogen (secondary N) is 2. The molecule has 1 rings (SSSR count). The van der Waals surface area contributed by atoms with Crippen molar-refractivity contribution in [2.24, 2.45) is 0 Å². The highest BCUT2D eigenvalue weighted by Crippen LogP contribution is 1.97. The number of hydrogen-bond donors (Lipinski definition) is 2. The molecule has 0 aliphatic rings. The number of halogens is 1. The maximum absolute atomic E-state index is 11.2. The SMILES string of the molecule is C[C@@H](Cl)C(=O)NC(=O)NCc1ccccc1. The Bertz CT molecular complexity index is 366. The highest BCUT2D eigenvalue weighted by Gasteiger charge is 2.12. The molecule has 0 fully saturated rings. The Morgan fingerprint density at radius 1 is 1.31 bits per heavy atom. The monoisotopic (exact) mass is 240 g/mol. The molecule has 1 atom stereocenters. The third-order valence-corrected chi connectivity index (χ3v) is 2.09. The van der Waals surface area contributed by atoms with Gasteiger partial charge in [0.15, 0.2) is 0 Å². The van der Waals surface area contributed by atoms with Crippen LogP contribution in [0.5, 0.6) is 0 Å². The van der Waals surface area contributed by atoms with Crippen LogP contribution in [0.3, 0.4) is 0 Å². The van der Waals surface area contributed by atoms with Crippen molar-refractivity contribution < 1.29 is 9.59 Å². The second kappa shape index (κ2) is 6.12. The van der Waals surface area contributed by atoms with E-state index < -0.39 is 17.3 Å². The van der Waals surface area contributed by atoms with Crippen LogP contribution in [0.4, 0.5) is 4.79 Å². The summed E-state index contributed by atoms with van der Waals surface area (Å²) >= 11 is 5.50. The van der Waals surface area contributed by atoms with E-state index in [-0.39, 0.29) is 0 Å². The predicted molar refractivity (Wildman–Crippen MR) is 62.1 cm³/mol. The topological polar surface area (TPSA) is 58.2 Å². The second-order valence-corrected chi connectivity index (χ2v) is 3.93.